The Labute approximate surface area is 103 Å². The van der Waals surface area contributed by atoms with Crippen molar-refractivity contribution in [1.29, 1.82) is 0 Å². The van der Waals surface area contributed by atoms with Crippen molar-refractivity contribution >= 4 is 5.91 Å². The van der Waals surface area contributed by atoms with Gasteiger partial charge in [-0.2, -0.15) is 0 Å². The Morgan fingerprint density at radius 2 is 1.94 bits per heavy atom. The Morgan fingerprint density at radius 3 is 2.29 bits per heavy atom. The lowest BCUT2D eigenvalue weighted by Gasteiger charge is -2.32. The van der Waals surface area contributed by atoms with Gasteiger partial charge in [-0.05, 0) is 34.9 Å². The number of hydrogen-bond acceptors (Lipinski definition) is 4. The predicted octanol–water partition coefficient (Wildman–Crippen LogP) is -0.0668. The average Bonchev–Trinajstić information content (AvgIpc) is 2.51. The van der Waals surface area contributed by atoms with Crippen LogP contribution >= 0.6 is 0 Å². The molecule has 100 valence electrons. The van der Waals surface area contributed by atoms with Crippen LogP contribution in [0.15, 0.2) is 0 Å². The van der Waals surface area contributed by atoms with Crippen molar-refractivity contribution in [3.8, 4) is 0 Å². The molecule has 1 saturated heterocycles. The fraction of sp³-hybridized carbons (Fsp3) is 0.917. The van der Waals surface area contributed by atoms with Gasteiger partial charge in [0, 0.05) is 7.05 Å². The molecule has 1 amide bonds. The van der Waals surface area contributed by atoms with E-state index >= 15 is 0 Å². The zero-order valence-corrected chi connectivity index (χ0v) is 11.6. The van der Waals surface area contributed by atoms with Gasteiger partial charge in [0.2, 0.25) is 5.91 Å². The number of aliphatic hydroxyl groups excluding tert-OH is 1. The average molecular weight is 244 g/mol. The molecule has 17 heavy (non-hydrogen) atoms. The monoisotopic (exact) mass is 244 g/mol. The van der Waals surface area contributed by atoms with E-state index in [-0.39, 0.29) is 18.0 Å². The lowest BCUT2D eigenvalue weighted by molar-refractivity contribution is -0.138. The molecule has 0 aromatic rings. The van der Waals surface area contributed by atoms with E-state index in [1.807, 2.05) is 39.8 Å². The normalized spacial score (nSPS) is 29.4. The molecule has 1 N–H and O–H groups in total. The number of nitrogens with zero attached hydrogens (tertiary/aromatic N) is 2. The Hall–Kier alpha value is -0.650. The molecule has 0 aromatic heterocycles. The Kier molecular flexibility index (Phi) is 4.17. The fourth-order valence-corrected chi connectivity index (χ4v) is 1.94. The molecule has 5 nitrogen and oxygen atoms in total. The van der Waals surface area contributed by atoms with Gasteiger partial charge in [0.15, 0.2) is 0 Å². The summed E-state index contributed by atoms with van der Waals surface area (Å²) in [7, 11) is 5.45. The molecule has 0 aromatic carbocycles. The quantitative estimate of drug-likeness (QED) is 0.755. The van der Waals surface area contributed by atoms with Gasteiger partial charge in [-0.3, -0.25) is 9.69 Å². The predicted molar refractivity (Wildman–Crippen MR) is 65.7 cm³/mol. The number of carbonyl (C=O) groups excluding carboxylic acids is 1. The second-order valence-electron chi connectivity index (χ2n) is 5.52. The third-order valence-electron chi connectivity index (χ3n) is 3.68. The highest BCUT2D eigenvalue weighted by Gasteiger charge is 2.45. The summed E-state index contributed by atoms with van der Waals surface area (Å²) in [5.74, 6) is 0.000324. The number of likely N-dealkylation sites (N-methyl/N-ethyl adjacent to an activating group) is 2. The Morgan fingerprint density at radius 1 is 1.41 bits per heavy atom. The molecule has 5 heteroatoms. The molecule has 0 spiro atoms. The standard InChI is InChI=1S/C12H24N2O3/c1-8(13(4)5)11(16)14(6)9-7-17-12(2,3)10(9)15/h8-10,15H,7H2,1-6H3. The maximum absolute atomic E-state index is 12.1. The van der Waals surface area contributed by atoms with Crippen molar-refractivity contribution in [2.24, 2.45) is 0 Å². The molecule has 0 saturated carbocycles. The van der Waals surface area contributed by atoms with Crippen LogP contribution in [0, 0.1) is 0 Å². The summed E-state index contributed by atoms with van der Waals surface area (Å²) in [6, 6.07) is -0.462. The van der Waals surface area contributed by atoms with Gasteiger partial charge in [0.1, 0.15) is 6.10 Å². The first kappa shape index (κ1) is 14.4. The van der Waals surface area contributed by atoms with E-state index in [1.54, 1.807) is 11.9 Å². The Bertz CT molecular complexity index is 291. The molecule has 1 aliphatic heterocycles. The lowest BCUT2D eigenvalue weighted by atomic mass is 9.98. The number of carbonyl (C=O) groups is 1. The fourth-order valence-electron chi connectivity index (χ4n) is 1.94. The van der Waals surface area contributed by atoms with Crippen molar-refractivity contribution in [2.45, 2.75) is 44.6 Å². The molecule has 1 heterocycles. The minimum Gasteiger partial charge on any atom is -0.388 e. The van der Waals surface area contributed by atoms with Crippen LogP contribution in [-0.4, -0.2) is 72.4 Å². The maximum Gasteiger partial charge on any atom is 0.239 e. The van der Waals surface area contributed by atoms with Crippen LogP contribution in [0.3, 0.4) is 0 Å². The van der Waals surface area contributed by atoms with E-state index in [0.717, 1.165) is 0 Å². The summed E-state index contributed by atoms with van der Waals surface area (Å²) < 4.78 is 5.52. The number of rotatable bonds is 3. The first-order valence-electron chi connectivity index (χ1n) is 5.93. The van der Waals surface area contributed by atoms with E-state index in [4.69, 9.17) is 4.74 Å². The van der Waals surface area contributed by atoms with Gasteiger partial charge in [-0.25, -0.2) is 0 Å². The van der Waals surface area contributed by atoms with Crippen molar-refractivity contribution in [3.63, 3.8) is 0 Å². The van der Waals surface area contributed by atoms with Crippen LogP contribution in [-0.2, 0) is 9.53 Å². The van der Waals surface area contributed by atoms with Gasteiger partial charge >= 0.3 is 0 Å². The smallest absolute Gasteiger partial charge is 0.239 e. The molecule has 0 bridgehead atoms. The number of ether oxygens (including phenoxy) is 1. The molecule has 1 aliphatic rings. The summed E-state index contributed by atoms with van der Waals surface area (Å²) in [4.78, 5) is 15.6. The van der Waals surface area contributed by atoms with Crippen LogP contribution < -0.4 is 0 Å². The first-order valence-corrected chi connectivity index (χ1v) is 5.93. The van der Waals surface area contributed by atoms with E-state index in [9.17, 15) is 9.90 Å². The third-order valence-corrected chi connectivity index (χ3v) is 3.68. The highest BCUT2D eigenvalue weighted by Crippen LogP contribution is 2.28. The van der Waals surface area contributed by atoms with Crippen LogP contribution in [0.25, 0.3) is 0 Å². The van der Waals surface area contributed by atoms with Crippen LogP contribution in [0.5, 0.6) is 0 Å². The molecular weight excluding hydrogens is 220 g/mol. The van der Waals surface area contributed by atoms with Gasteiger partial charge in [0.25, 0.3) is 0 Å². The number of amides is 1. The van der Waals surface area contributed by atoms with Crippen molar-refractivity contribution < 1.29 is 14.6 Å². The summed E-state index contributed by atoms with van der Waals surface area (Å²) in [6.07, 6.45) is -0.647. The highest BCUT2D eigenvalue weighted by molar-refractivity contribution is 5.81. The van der Waals surface area contributed by atoms with Gasteiger partial charge in [-0.15, -0.1) is 0 Å². The van der Waals surface area contributed by atoms with Crippen LogP contribution in [0.1, 0.15) is 20.8 Å². The van der Waals surface area contributed by atoms with E-state index in [2.05, 4.69) is 0 Å². The van der Waals surface area contributed by atoms with Crippen molar-refractivity contribution in [3.05, 3.63) is 0 Å². The molecule has 0 radical (unpaired) electrons. The summed E-state index contributed by atoms with van der Waals surface area (Å²) in [6.45, 7) is 5.92. The summed E-state index contributed by atoms with van der Waals surface area (Å²) in [5, 5.41) is 10.1. The highest BCUT2D eigenvalue weighted by atomic mass is 16.5. The summed E-state index contributed by atoms with van der Waals surface area (Å²) in [5.41, 5.74) is -0.583. The molecule has 1 fully saturated rings. The van der Waals surface area contributed by atoms with Gasteiger partial charge in [-0.1, -0.05) is 0 Å². The molecular formula is C12H24N2O3. The minimum absolute atomic E-state index is 0.000324. The largest absolute Gasteiger partial charge is 0.388 e. The molecule has 3 atom stereocenters. The van der Waals surface area contributed by atoms with Crippen LogP contribution in [0.4, 0.5) is 0 Å². The summed E-state index contributed by atoms with van der Waals surface area (Å²) >= 11 is 0. The molecule has 3 unspecified atom stereocenters. The number of hydrogen-bond donors (Lipinski definition) is 1. The number of aliphatic hydroxyl groups is 1. The van der Waals surface area contributed by atoms with Gasteiger partial charge in [0.05, 0.1) is 24.3 Å². The van der Waals surface area contributed by atoms with Crippen LogP contribution in [0.2, 0.25) is 0 Å². The molecule has 1 rings (SSSR count). The third kappa shape index (κ3) is 2.78. The van der Waals surface area contributed by atoms with Crippen molar-refractivity contribution in [2.75, 3.05) is 27.7 Å². The Balaban J connectivity index is 2.72. The van der Waals surface area contributed by atoms with Gasteiger partial charge < -0.3 is 14.7 Å². The van der Waals surface area contributed by atoms with Crippen molar-refractivity contribution in [1.82, 2.24) is 9.80 Å². The zero-order chi connectivity index (χ0) is 13.4. The molecule has 0 aliphatic carbocycles. The lowest BCUT2D eigenvalue weighted by Crippen LogP contribution is -2.52. The SMILES string of the molecule is CC(C(=O)N(C)C1COC(C)(C)C1O)N(C)C. The first-order chi connectivity index (χ1) is 7.68. The second-order valence-corrected chi connectivity index (χ2v) is 5.52. The maximum atomic E-state index is 12.1. The van der Waals surface area contributed by atoms with E-state index < -0.39 is 11.7 Å². The van der Waals surface area contributed by atoms with E-state index in [0.29, 0.717) is 6.61 Å². The topological polar surface area (TPSA) is 53.0 Å². The second kappa shape index (κ2) is 4.92. The van der Waals surface area contributed by atoms with E-state index in [1.165, 1.54) is 0 Å². The minimum atomic E-state index is -0.647. The zero-order valence-electron chi connectivity index (χ0n) is 11.6.